The maximum absolute atomic E-state index is 6.08. The van der Waals surface area contributed by atoms with Crippen LogP contribution in [0.3, 0.4) is 0 Å². The molecule has 0 bridgehead atoms. The highest BCUT2D eigenvalue weighted by Gasteiger charge is 2.17. The smallest absolute Gasteiger partial charge is 0.138 e. The van der Waals surface area contributed by atoms with E-state index in [4.69, 9.17) is 10.7 Å². The Balaban J connectivity index is 1.94. The van der Waals surface area contributed by atoms with Gasteiger partial charge in [-0.25, -0.2) is 4.98 Å². The Hall–Kier alpha value is -3.18. The number of hydrogen-bond donors (Lipinski definition) is 2. The van der Waals surface area contributed by atoms with Crippen molar-refractivity contribution in [3.8, 4) is 22.3 Å². The number of halogens is 1. The van der Waals surface area contributed by atoms with Gasteiger partial charge in [0.25, 0.3) is 0 Å². The number of aromatic nitrogens is 3. The molecule has 0 aliphatic heterocycles. The lowest BCUT2D eigenvalue weighted by atomic mass is 9.93. The summed E-state index contributed by atoms with van der Waals surface area (Å²) in [6.45, 7) is 0. The topological polar surface area (TPSA) is 67.6 Å². The number of benzene rings is 2. The van der Waals surface area contributed by atoms with Crippen molar-refractivity contribution >= 4 is 43.6 Å². The molecule has 5 rings (SSSR count). The normalized spacial score (nSPS) is 11.3. The predicted molar refractivity (Wildman–Crippen MR) is 114 cm³/mol. The Morgan fingerprint density at radius 2 is 1.67 bits per heavy atom. The standard InChI is InChI=1S/C22H15BrN4/c23-15-3-1-13(2-4-15)18-12-26-22-21(20(18)14-7-9-25-10-8-14)17-11-16(24)5-6-19(17)27-22/h1-12H,24H2,(H,26,27). The van der Waals surface area contributed by atoms with Crippen molar-refractivity contribution in [2.24, 2.45) is 0 Å². The van der Waals surface area contributed by atoms with Gasteiger partial charge in [0.1, 0.15) is 5.65 Å². The number of pyridine rings is 2. The van der Waals surface area contributed by atoms with E-state index >= 15 is 0 Å². The number of nitrogen functional groups attached to an aromatic ring is 1. The third-order valence-electron chi connectivity index (χ3n) is 4.77. The van der Waals surface area contributed by atoms with Gasteiger partial charge in [-0.2, -0.15) is 0 Å². The van der Waals surface area contributed by atoms with E-state index in [0.29, 0.717) is 0 Å². The largest absolute Gasteiger partial charge is 0.399 e. The monoisotopic (exact) mass is 414 g/mol. The van der Waals surface area contributed by atoms with Crippen molar-refractivity contribution < 1.29 is 0 Å². The molecule has 0 atom stereocenters. The molecule has 4 nitrogen and oxygen atoms in total. The number of aromatic amines is 1. The predicted octanol–water partition coefficient (Wildman–Crippen LogP) is 5.79. The minimum atomic E-state index is 0.734. The van der Waals surface area contributed by atoms with Crippen LogP contribution >= 0.6 is 15.9 Å². The lowest BCUT2D eigenvalue weighted by molar-refractivity contribution is 1.32. The van der Waals surface area contributed by atoms with E-state index in [1.54, 1.807) is 0 Å². The van der Waals surface area contributed by atoms with Crippen molar-refractivity contribution in [1.82, 2.24) is 15.0 Å². The second-order valence-corrected chi connectivity index (χ2v) is 7.36. The highest BCUT2D eigenvalue weighted by Crippen LogP contribution is 2.40. The minimum Gasteiger partial charge on any atom is -0.399 e. The summed E-state index contributed by atoms with van der Waals surface area (Å²) >= 11 is 3.51. The molecule has 5 heteroatoms. The van der Waals surface area contributed by atoms with Gasteiger partial charge in [0, 0.05) is 56.2 Å². The van der Waals surface area contributed by atoms with Gasteiger partial charge in [-0.3, -0.25) is 4.98 Å². The number of rotatable bonds is 2. The fourth-order valence-corrected chi connectivity index (χ4v) is 3.80. The average molecular weight is 415 g/mol. The Morgan fingerprint density at radius 3 is 2.44 bits per heavy atom. The van der Waals surface area contributed by atoms with Gasteiger partial charge in [0.05, 0.1) is 0 Å². The van der Waals surface area contributed by atoms with Gasteiger partial charge >= 0.3 is 0 Å². The quantitative estimate of drug-likeness (QED) is 0.359. The highest BCUT2D eigenvalue weighted by atomic mass is 79.9. The fourth-order valence-electron chi connectivity index (χ4n) is 3.54. The molecule has 0 aliphatic carbocycles. The maximum atomic E-state index is 6.08. The zero-order valence-corrected chi connectivity index (χ0v) is 15.9. The molecule has 0 amide bonds. The molecule has 3 heterocycles. The molecule has 3 N–H and O–H groups in total. The van der Waals surface area contributed by atoms with E-state index in [2.05, 4.69) is 38.0 Å². The Labute approximate surface area is 164 Å². The number of nitrogens with one attached hydrogen (secondary N) is 1. The van der Waals surface area contributed by atoms with Gasteiger partial charge in [-0.15, -0.1) is 0 Å². The van der Waals surface area contributed by atoms with Crippen molar-refractivity contribution in [2.75, 3.05) is 5.73 Å². The summed E-state index contributed by atoms with van der Waals surface area (Å²) in [6.07, 6.45) is 5.56. The van der Waals surface area contributed by atoms with E-state index in [1.807, 2.05) is 61.1 Å². The van der Waals surface area contributed by atoms with Crippen LogP contribution in [0.4, 0.5) is 5.69 Å². The van der Waals surface area contributed by atoms with Crippen molar-refractivity contribution in [3.05, 3.63) is 77.7 Å². The van der Waals surface area contributed by atoms with Crippen LogP contribution in [0.15, 0.2) is 77.7 Å². The zero-order chi connectivity index (χ0) is 18.4. The summed E-state index contributed by atoms with van der Waals surface area (Å²) in [5.41, 5.74) is 13.1. The molecule has 0 fully saturated rings. The summed E-state index contributed by atoms with van der Waals surface area (Å²) in [5.74, 6) is 0. The van der Waals surface area contributed by atoms with Crippen LogP contribution in [-0.4, -0.2) is 15.0 Å². The van der Waals surface area contributed by atoms with Gasteiger partial charge in [-0.05, 0) is 53.6 Å². The molecular formula is C22H15BrN4. The molecule has 0 spiro atoms. The summed E-state index contributed by atoms with van der Waals surface area (Å²) in [5, 5.41) is 2.15. The number of fused-ring (bicyclic) bond motifs is 3. The summed E-state index contributed by atoms with van der Waals surface area (Å²) < 4.78 is 1.05. The minimum absolute atomic E-state index is 0.734. The average Bonchev–Trinajstić information content (AvgIpc) is 3.06. The third-order valence-corrected chi connectivity index (χ3v) is 5.30. The van der Waals surface area contributed by atoms with Crippen molar-refractivity contribution in [1.29, 1.82) is 0 Å². The maximum Gasteiger partial charge on any atom is 0.138 e. The Bertz CT molecular complexity index is 1270. The molecule has 0 radical (unpaired) electrons. The number of H-pyrrole nitrogens is 1. The molecule has 0 saturated carbocycles. The van der Waals surface area contributed by atoms with Crippen LogP contribution in [0.1, 0.15) is 0 Å². The lowest BCUT2D eigenvalue weighted by Crippen LogP contribution is -1.90. The first kappa shape index (κ1) is 16.0. The first-order chi connectivity index (χ1) is 13.2. The number of anilines is 1. The molecule has 130 valence electrons. The number of nitrogens with zero attached hydrogens (tertiary/aromatic N) is 2. The third kappa shape index (κ3) is 2.67. The van der Waals surface area contributed by atoms with Crippen LogP contribution in [0, 0.1) is 0 Å². The van der Waals surface area contributed by atoms with Crippen LogP contribution in [0.2, 0.25) is 0 Å². The molecular weight excluding hydrogens is 400 g/mol. The van der Waals surface area contributed by atoms with Crippen LogP contribution in [0.25, 0.3) is 44.2 Å². The first-order valence-electron chi connectivity index (χ1n) is 8.57. The Morgan fingerprint density at radius 1 is 0.889 bits per heavy atom. The van der Waals surface area contributed by atoms with E-state index < -0.39 is 0 Å². The van der Waals surface area contributed by atoms with Gasteiger partial charge in [-0.1, -0.05) is 28.1 Å². The number of nitrogens with two attached hydrogens (primary N) is 1. The SMILES string of the molecule is Nc1ccc2[nH]c3ncc(-c4ccc(Br)cc4)c(-c4ccncc4)c3c2c1. The van der Waals surface area contributed by atoms with Crippen molar-refractivity contribution in [2.45, 2.75) is 0 Å². The first-order valence-corrected chi connectivity index (χ1v) is 9.36. The van der Waals surface area contributed by atoms with E-state index in [-0.39, 0.29) is 0 Å². The highest BCUT2D eigenvalue weighted by molar-refractivity contribution is 9.10. The molecule has 27 heavy (non-hydrogen) atoms. The van der Waals surface area contributed by atoms with Gasteiger partial charge in [0.15, 0.2) is 0 Å². The molecule has 2 aromatic carbocycles. The van der Waals surface area contributed by atoms with Crippen LogP contribution < -0.4 is 5.73 Å². The second kappa shape index (κ2) is 6.21. The van der Waals surface area contributed by atoms with Crippen LogP contribution in [-0.2, 0) is 0 Å². The molecule has 0 aliphatic rings. The summed E-state index contributed by atoms with van der Waals surface area (Å²) in [7, 11) is 0. The lowest BCUT2D eigenvalue weighted by Gasteiger charge is -2.12. The second-order valence-electron chi connectivity index (χ2n) is 6.44. The Kier molecular flexibility index (Phi) is 3.69. The van der Waals surface area contributed by atoms with Gasteiger partial charge < -0.3 is 10.7 Å². The summed E-state index contributed by atoms with van der Waals surface area (Å²) in [6, 6.07) is 18.3. The van der Waals surface area contributed by atoms with Crippen LogP contribution in [0.5, 0.6) is 0 Å². The van der Waals surface area contributed by atoms with Crippen molar-refractivity contribution in [3.63, 3.8) is 0 Å². The van der Waals surface area contributed by atoms with E-state index in [0.717, 1.165) is 54.4 Å². The van der Waals surface area contributed by atoms with Gasteiger partial charge in [0.2, 0.25) is 0 Å². The molecule has 0 saturated heterocycles. The summed E-state index contributed by atoms with van der Waals surface area (Å²) in [4.78, 5) is 12.3. The van der Waals surface area contributed by atoms with E-state index in [1.165, 1.54) is 0 Å². The zero-order valence-electron chi connectivity index (χ0n) is 14.3. The molecule has 0 unspecified atom stereocenters. The number of hydrogen-bond acceptors (Lipinski definition) is 3. The fraction of sp³-hybridized carbons (Fsp3) is 0. The molecule has 5 aromatic rings. The molecule has 3 aromatic heterocycles. The van der Waals surface area contributed by atoms with E-state index in [9.17, 15) is 0 Å².